The molecule has 0 aliphatic carbocycles. The van der Waals surface area contributed by atoms with E-state index in [1.54, 1.807) is 0 Å². The Bertz CT molecular complexity index is 526. The maximum absolute atomic E-state index is 12.4. The molecule has 5 nitrogen and oxygen atoms in total. The van der Waals surface area contributed by atoms with Gasteiger partial charge in [-0.25, -0.2) is 4.99 Å². The molecule has 3 rings (SSSR count). The van der Waals surface area contributed by atoms with Crippen molar-refractivity contribution in [2.45, 2.75) is 13.0 Å². The number of nitrogens with one attached hydrogen (secondary N) is 2. The maximum atomic E-state index is 12.4. The maximum Gasteiger partial charge on any atom is 0.270 e. The van der Waals surface area contributed by atoms with E-state index in [4.69, 9.17) is 0 Å². The van der Waals surface area contributed by atoms with Crippen LogP contribution in [0.1, 0.15) is 6.92 Å². The zero-order chi connectivity index (χ0) is 13.2. The zero-order valence-corrected chi connectivity index (χ0v) is 11.0. The number of carbonyl (C=O) groups is 1. The number of amides is 1. The minimum Gasteiger partial charge on any atom is -0.377 e. The van der Waals surface area contributed by atoms with E-state index < -0.39 is 0 Å². The van der Waals surface area contributed by atoms with Crippen molar-refractivity contribution in [3.8, 4) is 0 Å². The van der Waals surface area contributed by atoms with Crippen molar-refractivity contribution in [3.63, 3.8) is 0 Å². The minimum absolute atomic E-state index is 0.0513. The van der Waals surface area contributed by atoms with Crippen molar-refractivity contribution in [2.75, 3.05) is 31.5 Å². The van der Waals surface area contributed by atoms with Crippen LogP contribution in [0.3, 0.4) is 0 Å². The van der Waals surface area contributed by atoms with Crippen LogP contribution in [0.4, 0.5) is 11.4 Å². The summed E-state index contributed by atoms with van der Waals surface area (Å²) in [4.78, 5) is 18.8. The van der Waals surface area contributed by atoms with Crippen LogP contribution in [-0.4, -0.2) is 48.7 Å². The molecular weight excluding hydrogens is 240 g/mol. The quantitative estimate of drug-likeness (QED) is 0.790. The summed E-state index contributed by atoms with van der Waals surface area (Å²) >= 11 is 0. The molecule has 2 aliphatic rings. The largest absolute Gasteiger partial charge is 0.377 e. The fourth-order valence-corrected chi connectivity index (χ4v) is 2.51. The summed E-state index contributed by atoms with van der Waals surface area (Å²) in [6.07, 6.45) is 0. The van der Waals surface area contributed by atoms with Gasteiger partial charge in [0.1, 0.15) is 5.71 Å². The van der Waals surface area contributed by atoms with Crippen LogP contribution < -0.4 is 10.6 Å². The SMILES string of the molecule is CC1CN(C(=O)C2=Nc3ccccc3NC2)CCN1. The summed E-state index contributed by atoms with van der Waals surface area (Å²) in [5.41, 5.74) is 2.45. The molecule has 0 saturated carbocycles. The highest BCUT2D eigenvalue weighted by Crippen LogP contribution is 2.27. The lowest BCUT2D eigenvalue weighted by molar-refractivity contribution is -0.125. The van der Waals surface area contributed by atoms with Gasteiger partial charge in [-0.3, -0.25) is 4.79 Å². The number of para-hydroxylation sites is 2. The van der Waals surface area contributed by atoms with Crippen LogP contribution >= 0.6 is 0 Å². The number of anilines is 1. The Labute approximate surface area is 112 Å². The van der Waals surface area contributed by atoms with Crippen molar-refractivity contribution in [2.24, 2.45) is 4.99 Å². The van der Waals surface area contributed by atoms with Gasteiger partial charge in [-0.15, -0.1) is 0 Å². The molecule has 1 saturated heterocycles. The third kappa shape index (κ3) is 2.46. The Hall–Kier alpha value is -1.88. The second kappa shape index (κ2) is 5.01. The number of hydrogen-bond acceptors (Lipinski definition) is 4. The van der Waals surface area contributed by atoms with E-state index in [0.29, 0.717) is 18.3 Å². The standard InChI is InChI=1S/C14H18N4O/c1-10-9-18(7-6-15-10)14(19)13-8-16-11-4-2-3-5-12(11)17-13/h2-5,10,15-16H,6-9H2,1H3. The summed E-state index contributed by atoms with van der Waals surface area (Å²) in [5, 5.41) is 6.59. The third-order valence-electron chi connectivity index (χ3n) is 3.51. The fraction of sp³-hybridized carbons (Fsp3) is 0.429. The molecule has 0 bridgehead atoms. The number of rotatable bonds is 1. The summed E-state index contributed by atoms with van der Waals surface area (Å²) in [6.45, 7) is 4.96. The first kappa shape index (κ1) is 12.2. The fourth-order valence-electron chi connectivity index (χ4n) is 2.51. The highest BCUT2D eigenvalue weighted by molar-refractivity contribution is 6.41. The van der Waals surface area contributed by atoms with Crippen LogP contribution in [0.5, 0.6) is 0 Å². The molecule has 1 amide bonds. The van der Waals surface area contributed by atoms with Gasteiger partial charge in [0.25, 0.3) is 5.91 Å². The molecule has 1 aromatic carbocycles. The van der Waals surface area contributed by atoms with Gasteiger partial charge in [-0.2, -0.15) is 0 Å². The lowest BCUT2D eigenvalue weighted by Gasteiger charge is -2.32. The topological polar surface area (TPSA) is 56.7 Å². The molecule has 1 atom stereocenters. The Morgan fingerprint density at radius 1 is 1.42 bits per heavy atom. The van der Waals surface area contributed by atoms with E-state index in [9.17, 15) is 4.79 Å². The van der Waals surface area contributed by atoms with Crippen molar-refractivity contribution < 1.29 is 4.79 Å². The lowest BCUT2D eigenvalue weighted by Crippen LogP contribution is -2.53. The second-order valence-electron chi connectivity index (χ2n) is 5.04. The van der Waals surface area contributed by atoms with E-state index in [0.717, 1.165) is 31.0 Å². The molecule has 1 fully saturated rings. The number of aliphatic imine (C=N–C) groups is 1. The van der Waals surface area contributed by atoms with E-state index in [1.807, 2.05) is 29.2 Å². The molecule has 1 unspecified atom stereocenters. The molecule has 100 valence electrons. The van der Waals surface area contributed by atoms with Crippen LogP contribution in [-0.2, 0) is 4.79 Å². The number of carbonyl (C=O) groups excluding carboxylic acids is 1. The van der Waals surface area contributed by atoms with Gasteiger partial charge in [-0.05, 0) is 19.1 Å². The predicted octanol–water partition coefficient (Wildman–Crippen LogP) is 1.00. The molecule has 19 heavy (non-hydrogen) atoms. The molecule has 2 heterocycles. The Morgan fingerprint density at radius 2 is 2.26 bits per heavy atom. The Balaban J connectivity index is 1.80. The number of nitrogens with zero attached hydrogens (tertiary/aromatic N) is 2. The first-order valence-corrected chi connectivity index (χ1v) is 6.67. The lowest BCUT2D eigenvalue weighted by atomic mass is 10.1. The van der Waals surface area contributed by atoms with Gasteiger partial charge in [-0.1, -0.05) is 12.1 Å². The van der Waals surface area contributed by atoms with E-state index in [1.165, 1.54) is 0 Å². The van der Waals surface area contributed by atoms with Gasteiger partial charge in [0, 0.05) is 25.7 Å². The van der Waals surface area contributed by atoms with Crippen molar-refractivity contribution in [1.29, 1.82) is 0 Å². The van der Waals surface area contributed by atoms with Gasteiger partial charge in [0.2, 0.25) is 0 Å². The smallest absolute Gasteiger partial charge is 0.270 e. The van der Waals surface area contributed by atoms with E-state index >= 15 is 0 Å². The normalized spacial score (nSPS) is 22.3. The van der Waals surface area contributed by atoms with Crippen molar-refractivity contribution >= 4 is 23.0 Å². The molecule has 0 radical (unpaired) electrons. The summed E-state index contributed by atoms with van der Waals surface area (Å²) in [7, 11) is 0. The van der Waals surface area contributed by atoms with Gasteiger partial charge in [0.05, 0.1) is 17.9 Å². The first-order chi connectivity index (χ1) is 9.24. The van der Waals surface area contributed by atoms with Crippen molar-refractivity contribution in [3.05, 3.63) is 24.3 Å². The van der Waals surface area contributed by atoms with Crippen LogP contribution in [0, 0.1) is 0 Å². The summed E-state index contributed by atoms with van der Waals surface area (Å²) < 4.78 is 0. The average molecular weight is 258 g/mol. The van der Waals surface area contributed by atoms with Crippen LogP contribution in [0.2, 0.25) is 0 Å². The Kier molecular flexibility index (Phi) is 3.21. The molecule has 0 spiro atoms. The van der Waals surface area contributed by atoms with Gasteiger partial charge in [0.15, 0.2) is 0 Å². The number of hydrogen-bond donors (Lipinski definition) is 2. The molecular formula is C14H18N4O. The highest BCUT2D eigenvalue weighted by Gasteiger charge is 2.25. The summed E-state index contributed by atoms with van der Waals surface area (Å²) in [5.74, 6) is 0.0513. The molecule has 5 heteroatoms. The monoisotopic (exact) mass is 258 g/mol. The molecule has 2 aliphatic heterocycles. The number of fused-ring (bicyclic) bond motifs is 1. The number of benzene rings is 1. The number of piperazine rings is 1. The minimum atomic E-state index is 0.0513. The van der Waals surface area contributed by atoms with Crippen molar-refractivity contribution in [1.82, 2.24) is 10.2 Å². The predicted molar refractivity (Wildman–Crippen MR) is 76.1 cm³/mol. The molecule has 2 N–H and O–H groups in total. The van der Waals surface area contributed by atoms with E-state index in [2.05, 4.69) is 22.5 Å². The molecule has 1 aromatic rings. The van der Waals surface area contributed by atoms with Crippen LogP contribution in [0.15, 0.2) is 29.3 Å². The second-order valence-corrected chi connectivity index (χ2v) is 5.04. The van der Waals surface area contributed by atoms with Gasteiger partial charge >= 0.3 is 0 Å². The van der Waals surface area contributed by atoms with Crippen LogP contribution in [0.25, 0.3) is 0 Å². The highest BCUT2D eigenvalue weighted by atomic mass is 16.2. The zero-order valence-electron chi connectivity index (χ0n) is 11.0. The van der Waals surface area contributed by atoms with Gasteiger partial charge < -0.3 is 15.5 Å². The average Bonchev–Trinajstić information content (AvgIpc) is 2.46. The Morgan fingerprint density at radius 3 is 3.11 bits per heavy atom. The summed E-state index contributed by atoms with van der Waals surface area (Å²) in [6, 6.07) is 8.15. The van der Waals surface area contributed by atoms with E-state index in [-0.39, 0.29) is 5.91 Å². The first-order valence-electron chi connectivity index (χ1n) is 6.67. The molecule has 0 aromatic heterocycles. The third-order valence-corrected chi connectivity index (χ3v) is 3.51.